The average molecular weight is 659 g/mol. The third kappa shape index (κ3) is 24.2. The van der Waals surface area contributed by atoms with Crippen LogP contribution in [0.25, 0.3) is 10.4 Å². The van der Waals surface area contributed by atoms with E-state index in [1.807, 2.05) is 23.0 Å². The maximum Gasteiger partial charge on any atom is 0.119 e. The Kier molecular flexibility index (Phi) is 26.4. The Morgan fingerprint density at radius 3 is 1.70 bits per heavy atom. The Morgan fingerprint density at radius 2 is 1.15 bits per heavy atom. The first kappa shape index (κ1) is 40.5. The van der Waals surface area contributed by atoms with Gasteiger partial charge in [0.2, 0.25) is 0 Å². The number of hydrogen-bond acceptors (Lipinski definition) is 8. The van der Waals surface area contributed by atoms with Crippen LogP contribution in [0.1, 0.15) is 121 Å². The molecule has 0 amide bonds. The van der Waals surface area contributed by atoms with Gasteiger partial charge < -0.3 is 23.7 Å². The minimum Gasteiger partial charge on any atom is -0.494 e. The van der Waals surface area contributed by atoms with Gasteiger partial charge >= 0.3 is 0 Å². The fourth-order valence-corrected chi connectivity index (χ4v) is 5.19. The van der Waals surface area contributed by atoms with E-state index in [1.54, 1.807) is 0 Å². The Labute approximate surface area is 283 Å². The van der Waals surface area contributed by atoms with Crippen molar-refractivity contribution in [3.63, 3.8) is 0 Å². The van der Waals surface area contributed by atoms with E-state index < -0.39 is 0 Å². The van der Waals surface area contributed by atoms with Gasteiger partial charge in [-0.3, -0.25) is 0 Å². The molecule has 1 aromatic heterocycles. The fraction of sp³-hybridized carbons (Fsp3) is 0.778. The number of azide groups is 1. The summed E-state index contributed by atoms with van der Waals surface area (Å²) in [5, 5.41) is 11.8. The molecule has 1 heterocycles. The molecule has 0 atom stereocenters. The standard InChI is InChI=1S/C36H62N6O5/c1-2-3-4-5-6-7-8-9-10-11-12-13-14-15-16-17-23-47-36-20-18-34(19-21-36)31-42-32-35(39-41-42)33-46-30-29-45-28-27-44-26-25-43-24-22-38-40-37/h18-21,32H,2-17,22-31,33H2,1H3. The Bertz CT molecular complexity index is 1020. The average Bonchev–Trinajstić information content (AvgIpc) is 3.54. The minimum atomic E-state index is 0.333. The third-order valence-corrected chi connectivity index (χ3v) is 7.89. The monoisotopic (exact) mass is 658 g/mol. The van der Waals surface area contributed by atoms with E-state index in [4.69, 9.17) is 29.2 Å². The second kappa shape index (κ2) is 30.6. The number of ether oxygens (including phenoxy) is 5. The van der Waals surface area contributed by atoms with Gasteiger partial charge in [0, 0.05) is 11.5 Å². The molecule has 47 heavy (non-hydrogen) atoms. The zero-order valence-electron chi connectivity index (χ0n) is 29.2. The van der Waals surface area contributed by atoms with E-state index in [0.717, 1.165) is 30.0 Å². The minimum absolute atomic E-state index is 0.333. The van der Waals surface area contributed by atoms with Gasteiger partial charge in [-0.2, -0.15) is 0 Å². The SMILES string of the molecule is CCCCCCCCCCCCCCCCCCOc1ccc(Cn2cc(COCCOCCOCCOCCN=[N+]=[N-])nn2)cc1. The zero-order chi connectivity index (χ0) is 33.3. The number of aromatic nitrogens is 3. The number of hydrogen-bond donors (Lipinski definition) is 0. The number of unbranched alkanes of at least 4 members (excludes halogenated alkanes) is 15. The summed E-state index contributed by atoms with van der Waals surface area (Å²) in [6, 6.07) is 8.24. The van der Waals surface area contributed by atoms with Crippen molar-refractivity contribution in [3.8, 4) is 5.75 Å². The van der Waals surface area contributed by atoms with Gasteiger partial charge in [-0.05, 0) is 29.6 Å². The summed E-state index contributed by atoms with van der Waals surface area (Å²) in [5.74, 6) is 0.920. The van der Waals surface area contributed by atoms with Crippen LogP contribution >= 0.6 is 0 Å². The summed E-state index contributed by atoms with van der Waals surface area (Å²) in [7, 11) is 0. The van der Waals surface area contributed by atoms with E-state index in [-0.39, 0.29) is 0 Å². The molecule has 1 aromatic carbocycles. The second-order valence-electron chi connectivity index (χ2n) is 12.0. The van der Waals surface area contributed by atoms with E-state index in [9.17, 15) is 0 Å². The van der Waals surface area contributed by atoms with Crippen LogP contribution in [0.3, 0.4) is 0 Å². The molecule has 0 saturated heterocycles. The highest BCUT2D eigenvalue weighted by Gasteiger charge is 2.04. The van der Waals surface area contributed by atoms with Gasteiger partial charge in [0.1, 0.15) is 11.4 Å². The van der Waals surface area contributed by atoms with Gasteiger partial charge in [-0.25, -0.2) is 4.68 Å². The molecule has 0 aliphatic heterocycles. The highest BCUT2D eigenvalue weighted by Crippen LogP contribution is 2.16. The van der Waals surface area contributed by atoms with Crippen molar-refractivity contribution in [2.45, 2.75) is 123 Å². The fourth-order valence-electron chi connectivity index (χ4n) is 5.19. The van der Waals surface area contributed by atoms with E-state index in [1.165, 1.54) is 96.3 Å². The van der Waals surface area contributed by atoms with Crippen LogP contribution in [0, 0.1) is 0 Å². The van der Waals surface area contributed by atoms with Gasteiger partial charge in [0.25, 0.3) is 0 Å². The lowest BCUT2D eigenvalue weighted by Crippen LogP contribution is -2.12. The summed E-state index contributed by atoms with van der Waals surface area (Å²) in [6.45, 7) is 7.69. The first-order valence-corrected chi connectivity index (χ1v) is 18.2. The third-order valence-electron chi connectivity index (χ3n) is 7.89. The number of benzene rings is 1. The van der Waals surface area contributed by atoms with Crippen LogP contribution in [0.15, 0.2) is 35.6 Å². The molecule has 0 saturated carbocycles. The predicted octanol–water partition coefficient (Wildman–Crippen LogP) is 8.84. The smallest absolute Gasteiger partial charge is 0.119 e. The first-order chi connectivity index (χ1) is 23.3. The lowest BCUT2D eigenvalue weighted by atomic mass is 10.0. The van der Waals surface area contributed by atoms with Gasteiger partial charge in [-0.15, -0.1) is 5.10 Å². The van der Waals surface area contributed by atoms with Gasteiger partial charge in [-0.1, -0.05) is 126 Å². The lowest BCUT2D eigenvalue weighted by molar-refractivity contribution is -0.00369. The quantitative estimate of drug-likeness (QED) is 0.0318. The van der Waals surface area contributed by atoms with Crippen molar-refractivity contribution < 1.29 is 23.7 Å². The largest absolute Gasteiger partial charge is 0.494 e. The van der Waals surface area contributed by atoms with Crippen molar-refractivity contribution in [2.24, 2.45) is 5.11 Å². The van der Waals surface area contributed by atoms with Gasteiger partial charge in [0.05, 0.1) is 72.2 Å². The molecular formula is C36H62N6O5. The molecule has 0 spiro atoms. The van der Waals surface area contributed by atoms with Crippen molar-refractivity contribution >= 4 is 0 Å². The summed E-state index contributed by atoms with van der Waals surface area (Å²) in [6.07, 6.45) is 23.9. The highest BCUT2D eigenvalue weighted by molar-refractivity contribution is 5.27. The second-order valence-corrected chi connectivity index (χ2v) is 12.0. The lowest BCUT2D eigenvalue weighted by Gasteiger charge is -2.08. The molecular weight excluding hydrogens is 596 g/mol. The molecule has 0 bridgehead atoms. The molecule has 0 radical (unpaired) electrons. The molecule has 0 aliphatic carbocycles. The summed E-state index contributed by atoms with van der Waals surface area (Å²) >= 11 is 0. The van der Waals surface area contributed by atoms with Crippen LogP contribution in [0.2, 0.25) is 0 Å². The molecule has 2 aromatic rings. The van der Waals surface area contributed by atoms with Crippen LogP contribution in [0.4, 0.5) is 0 Å². The molecule has 0 unspecified atom stereocenters. The van der Waals surface area contributed by atoms with Crippen molar-refractivity contribution in [1.82, 2.24) is 15.0 Å². The maximum absolute atomic E-state index is 8.18. The molecule has 2 rings (SSSR count). The Hall–Kier alpha value is -2.69. The van der Waals surface area contributed by atoms with E-state index in [0.29, 0.717) is 65.9 Å². The van der Waals surface area contributed by atoms with E-state index >= 15 is 0 Å². The molecule has 11 heteroatoms. The number of nitrogens with zero attached hydrogens (tertiary/aromatic N) is 6. The van der Waals surface area contributed by atoms with Crippen LogP contribution in [-0.4, -0.2) is 74.4 Å². The van der Waals surface area contributed by atoms with Crippen LogP contribution < -0.4 is 4.74 Å². The van der Waals surface area contributed by atoms with Crippen molar-refractivity contribution in [3.05, 3.63) is 52.2 Å². The summed E-state index contributed by atoms with van der Waals surface area (Å²) in [4.78, 5) is 2.66. The molecule has 0 aliphatic rings. The van der Waals surface area contributed by atoms with Crippen molar-refractivity contribution in [1.29, 1.82) is 0 Å². The van der Waals surface area contributed by atoms with Gasteiger partial charge in [0.15, 0.2) is 0 Å². The van der Waals surface area contributed by atoms with Crippen molar-refractivity contribution in [2.75, 3.05) is 59.4 Å². The number of rotatable bonds is 34. The maximum atomic E-state index is 8.18. The Balaban J connectivity index is 1.38. The topological polar surface area (TPSA) is 126 Å². The molecule has 266 valence electrons. The predicted molar refractivity (Wildman–Crippen MR) is 187 cm³/mol. The zero-order valence-corrected chi connectivity index (χ0v) is 29.2. The summed E-state index contributed by atoms with van der Waals surface area (Å²) in [5.41, 5.74) is 10.1. The van der Waals surface area contributed by atoms with Crippen LogP contribution in [0.5, 0.6) is 5.75 Å². The molecule has 0 N–H and O–H groups in total. The molecule has 0 fully saturated rings. The molecule has 11 nitrogen and oxygen atoms in total. The first-order valence-electron chi connectivity index (χ1n) is 18.2. The summed E-state index contributed by atoms with van der Waals surface area (Å²) < 4.78 is 29.6. The van der Waals surface area contributed by atoms with E-state index in [2.05, 4.69) is 39.4 Å². The highest BCUT2D eigenvalue weighted by atomic mass is 16.6. The van der Waals surface area contributed by atoms with Crippen LogP contribution in [-0.2, 0) is 32.1 Å². The Morgan fingerprint density at radius 1 is 0.638 bits per heavy atom. The normalized spacial score (nSPS) is 11.2.